The first-order valence-corrected chi connectivity index (χ1v) is 6.21. The first-order valence-electron chi connectivity index (χ1n) is 6.21. The topological polar surface area (TPSA) is 29.1 Å². The van der Waals surface area contributed by atoms with Crippen molar-refractivity contribution in [1.82, 2.24) is 5.32 Å². The van der Waals surface area contributed by atoms with Gasteiger partial charge in [0.1, 0.15) is 0 Å². The third kappa shape index (κ3) is 4.21. The molecule has 0 spiro atoms. The van der Waals surface area contributed by atoms with Crippen molar-refractivity contribution in [3.05, 3.63) is 59.2 Å². The minimum atomic E-state index is -0.0680. The van der Waals surface area contributed by atoms with Gasteiger partial charge in [0.05, 0.1) is 6.04 Å². The smallest absolute Gasteiger partial charge is 0.244 e. The summed E-state index contributed by atoms with van der Waals surface area (Å²) in [5.74, 6) is -0.0680. The fraction of sp³-hybridized carbons (Fsp3) is 0.312. The summed E-state index contributed by atoms with van der Waals surface area (Å²) in [6.45, 7) is 8.04. The molecular formula is C16H21NO. The Bertz CT molecular complexity index is 472. The standard InChI is InChI=1S/C16H21NO/c1-5-6-7-8-16(18)17-14(4)15-11-12(2)9-10-13(15)3/h5-11,14H,1-4H3,(H,17,18)/b6-5+,8-7+/t14-/m1/s1. The van der Waals surface area contributed by atoms with E-state index in [1.165, 1.54) is 16.7 Å². The van der Waals surface area contributed by atoms with E-state index in [1.54, 1.807) is 12.2 Å². The van der Waals surface area contributed by atoms with Crippen LogP contribution in [0.3, 0.4) is 0 Å². The minimum absolute atomic E-state index is 0.0210. The molecule has 0 unspecified atom stereocenters. The maximum Gasteiger partial charge on any atom is 0.244 e. The van der Waals surface area contributed by atoms with E-state index in [9.17, 15) is 4.79 Å². The van der Waals surface area contributed by atoms with Gasteiger partial charge in [0.2, 0.25) is 5.91 Å². The number of hydrogen-bond donors (Lipinski definition) is 1. The van der Waals surface area contributed by atoms with Gasteiger partial charge in [0, 0.05) is 6.08 Å². The molecular weight excluding hydrogens is 222 g/mol. The molecule has 2 nitrogen and oxygen atoms in total. The molecule has 0 aliphatic carbocycles. The summed E-state index contributed by atoms with van der Waals surface area (Å²) < 4.78 is 0. The maximum absolute atomic E-state index is 11.7. The predicted octanol–water partition coefficient (Wildman–Crippen LogP) is 3.61. The van der Waals surface area contributed by atoms with Crippen LogP contribution in [0.1, 0.15) is 36.6 Å². The minimum Gasteiger partial charge on any atom is -0.346 e. The highest BCUT2D eigenvalue weighted by Gasteiger charge is 2.09. The monoisotopic (exact) mass is 243 g/mol. The van der Waals surface area contributed by atoms with E-state index < -0.39 is 0 Å². The molecule has 0 aromatic heterocycles. The molecule has 0 aliphatic heterocycles. The average Bonchev–Trinajstić information content (AvgIpc) is 2.32. The molecule has 2 heteroatoms. The fourth-order valence-electron chi connectivity index (χ4n) is 1.82. The summed E-state index contributed by atoms with van der Waals surface area (Å²) in [5, 5.41) is 2.96. The molecule has 1 aromatic rings. The van der Waals surface area contributed by atoms with Gasteiger partial charge < -0.3 is 5.32 Å². The van der Waals surface area contributed by atoms with Gasteiger partial charge in [-0.2, -0.15) is 0 Å². The molecule has 0 aliphatic rings. The Morgan fingerprint density at radius 3 is 2.67 bits per heavy atom. The Labute approximate surface area is 109 Å². The summed E-state index contributed by atoms with van der Waals surface area (Å²) >= 11 is 0. The zero-order valence-corrected chi connectivity index (χ0v) is 11.5. The number of hydrogen-bond acceptors (Lipinski definition) is 1. The van der Waals surface area contributed by atoms with Crippen LogP contribution in [0.15, 0.2) is 42.5 Å². The number of allylic oxidation sites excluding steroid dienone is 3. The second-order valence-corrected chi connectivity index (χ2v) is 4.48. The molecule has 0 bridgehead atoms. The summed E-state index contributed by atoms with van der Waals surface area (Å²) in [6, 6.07) is 6.31. The molecule has 96 valence electrons. The molecule has 1 N–H and O–H groups in total. The number of nitrogens with one attached hydrogen (secondary N) is 1. The van der Waals surface area contributed by atoms with Crippen LogP contribution in [0.25, 0.3) is 0 Å². The zero-order chi connectivity index (χ0) is 13.5. The lowest BCUT2D eigenvalue weighted by Crippen LogP contribution is -2.25. The van der Waals surface area contributed by atoms with Gasteiger partial charge in [-0.3, -0.25) is 4.79 Å². The van der Waals surface area contributed by atoms with Crippen molar-refractivity contribution in [3.63, 3.8) is 0 Å². The van der Waals surface area contributed by atoms with Gasteiger partial charge in [-0.05, 0) is 38.8 Å². The third-order valence-electron chi connectivity index (χ3n) is 2.81. The normalized spacial score (nSPS) is 13.1. The Kier molecular flexibility index (Phi) is 5.37. The van der Waals surface area contributed by atoms with Crippen LogP contribution in [0.2, 0.25) is 0 Å². The molecule has 1 aromatic carbocycles. The Morgan fingerprint density at radius 2 is 2.00 bits per heavy atom. The highest BCUT2D eigenvalue weighted by molar-refractivity contribution is 5.88. The first-order chi connectivity index (χ1) is 8.54. The average molecular weight is 243 g/mol. The largest absolute Gasteiger partial charge is 0.346 e. The van der Waals surface area contributed by atoms with Crippen LogP contribution in [-0.2, 0) is 4.79 Å². The lowest BCUT2D eigenvalue weighted by molar-refractivity contribution is -0.117. The van der Waals surface area contributed by atoms with Crippen molar-refractivity contribution in [1.29, 1.82) is 0 Å². The summed E-state index contributed by atoms with van der Waals surface area (Å²) in [4.78, 5) is 11.7. The predicted molar refractivity (Wildman–Crippen MR) is 76.4 cm³/mol. The molecule has 18 heavy (non-hydrogen) atoms. The summed E-state index contributed by atoms with van der Waals surface area (Å²) in [5.41, 5.74) is 3.58. The van der Waals surface area contributed by atoms with Crippen molar-refractivity contribution >= 4 is 5.91 Å². The highest BCUT2D eigenvalue weighted by Crippen LogP contribution is 2.18. The number of aryl methyl sites for hydroxylation is 2. The molecule has 0 saturated heterocycles. The van der Waals surface area contributed by atoms with Gasteiger partial charge in [-0.25, -0.2) is 0 Å². The van der Waals surface area contributed by atoms with E-state index in [0.717, 1.165) is 0 Å². The van der Waals surface area contributed by atoms with Gasteiger partial charge in [-0.15, -0.1) is 0 Å². The lowest BCUT2D eigenvalue weighted by atomic mass is 10.00. The first kappa shape index (κ1) is 14.2. The number of carbonyl (C=O) groups excluding carboxylic acids is 1. The number of amides is 1. The summed E-state index contributed by atoms with van der Waals surface area (Å²) in [7, 11) is 0. The quantitative estimate of drug-likeness (QED) is 0.635. The Hall–Kier alpha value is -1.83. The van der Waals surface area contributed by atoms with Gasteiger partial charge in [0.25, 0.3) is 0 Å². The molecule has 1 rings (SSSR count). The van der Waals surface area contributed by atoms with E-state index in [-0.39, 0.29) is 11.9 Å². The van der Waals surface area contributed by atoms with Gasteiger partial charge in [-0.1, -0.05) is 42.0 Å². The third-order valence-corrected chi connectivity index (χ3v) is 2.81. The fourth-order valence-corrected chi connectivity index (χ4v) is 1.82. The van der Waals surface area contributed by atoms with E-state index in [2.05, 4.69) is 37.4 Å². The maximum atomic E-state index is 11.7. The summed E-state index contributed by atoms with van der Waals surface area (Å²) in [6.07, 6.45) is 7.01. The van der Waals surface area contributed by atoms with Crippen LogP contribution in [0, 0.1) is 13.8 Å². The van der Waals surface area contributed by atoms with E-state index in [1.807, 2.05) is 26.0 Å². The van der Waals surface area contributed by atoms with Crippen LogP contribution in [0.5, 0.6) is 0 Å². The van der Waals surface area contributed by atoms with E-state index in [4.69, 9.17) is 0 Å². The lowest BCUT2D eigenvalue weighted by Gasteiger charge is -2.16. The second-order valence-electron chi connectivity index (χ2n) is 4.48. The molecule has 1 atom stereocenters. The van der Waals surface area contributed by atoms with Crippen LogP contribution < -0.4 is 5.32 Å². The Balaban J connectivity index is 2.73. The van der Waals surface area contributed by atoms with Crippen molar-refractivity contribution in [2.24, 2.45) is 0 Å². The molecule has 0 heterocycles. The van der Waals surface area contributed by atoms with Crippen LogP contribution in [0.4, 0.5) is 0 Å². The Morgan fingerprint density at radius 1 is 1.28 bits per heavy atom. The van der Waals surface area contributed by atoms with Crippen molar-refractivity contribution in [3.8, 4) is 0 Å². The highest BCUT2D eigenvalue weighted by atomic mass is 16.1. The second kappa shape index (κ2) is 6.80. The zero-order valence-electron chi connectivity index (χ0n) is 11.5. The SMILES string of the molecule is C/C=C/C=C/C(=O)N[C@H](C)c1cc(C)ccc1C. The molecule has 0 saturated carbocycles. The molecule has 0 fully saturated rings. The van der Waals surface area contributed by atoms with Crippen LogP contribution in [-0.4, -0.2) is 5.91 Å². The molecule has 0 radical (unpaired) electrons. The number of rotatable bonds is 4. The van der Waals surface area contributed by atoms with E-state index in [0.29, 0.717) is 0 Å². The van der Waals surface area contributed by atoms with Crippen molar-refractivity contribution in [2.75, 3.05) is 0 Å². The van der Waals surface area contributed by atoms with Crippen molar-refractivity contribution < 1.29 is 4.79 Å². The number of carbonyl (C=O) groups is 1. The van der Waals surface area contributed by atoms with Crippen LogP contribution >= 0.6 is 0 Å². The number of benzene rings is 1. The van der Waals surface area contributed by atoms with Crippen molar-refractivity contribution in [2.45, 2.75) is 33.7 Å². The van der Waals surface area contributed by atoms with Gasteiger partial charge in [0.15, 0.2) is 0 Å². The molecule has 1 amide bonds. The van der Waals surface area contributed by atoms with Gasteiger partial charge >= 0.3 is 0 Å². The van der Waals surface area contributed by atoms with E-state index >= 15 is 0 Å².